The van der Waals surface area contributed by atoms with E-state index in [4.69, 9.17) is 9.47 Å². The molecule has 0 aliphatic rings. The predicted octanol–water partition coefficient (Wildman–Crippen LogP) is 4.80. The van der Waals surface area contributed by atoms with E-state index in [1.54, 1.807) is 0 Å². The quantitative estimate of drug-likeness (QED) is 0.564. The molecule has 0 aromatic heterocycles. The van der Waals surface area contributed by atoms with Crippen molar-refractivity contribution in [3.05, 3.63) is 71.8 Å². The van der Waals surface area contributed by atoms with Gasteiger partial charge in [0.05, 0.1) is 13.2 Å². The van der Waals surface area contributed by atoms with Gasteiger partial charge in [0.2, 0.25) is 6.29 Å². The predicted molar refractivity (Wildman–Crippen MR) is 93.5 cm³/mol. The Labute approximate surface area is 139 Å². The number of benzene rings is 2. The van der Waals surface area contributed by atoms with Crippen molar-refractivity contribution in [3.8, 4) is 11.8 Å². The maximum Gasteiger partial charge on any atom is 0.223 e. The summed E-state index contributed by atoms with van der Waals surface area (Å²) in [5, 5.41) is 0. The molecule has 0 aliphatic carbocycles. The Kier molecular flexibility index (Phi) is 6.40. The molecule has 0 spiro atoms. The van der Waals surface area contributed by atoms with Gasteiger partial charge < -0.3 is 9.47 Å². The van der Waals surface area contributed by atoms with Gasteiger partial charge in [0.15, 0.2) is 0 Å². The SMILES string of the molecule is CC(C)(C)C#CC(OCc1ccccc1)OCc1ccccc1. The Bertz CT molecular complexity index is 587. The summed E-state index contributed by atoms with van der Waals surface area (Å²) in [7, 11) is 0. The van der Waals surface area contributed by atoms with Crippen LogP contribution in [0, 0.1) is 17.3 Å². The topological polar surface area (TPSA) is 18.5 Å². The van der Waals surface area contributed by atoms with E-state index < -0.39 is 6.29 Å². The zero-order chi connectivity index (χ0) is 16.5. The molecular formula is C21H24O2. The fraction of sp³-hybridized carbons (Fsp3) is 0.333. The summed E-state index contributed by atoms with van der Waals surface area (Å²) in [5.41, 5.74) is 2.14. The highest BCUT2D eigenvalue weighted by Gasteiger charge is 2.09. The Hall–Kier alpha value is -2.08. The van der Waals surface area contributed by atoms with E-state index in [9.17, 15) is 0 Å². The molecule has 0 aliphatic heterocycles. The summed E-state index contributed by atoms with van der Waals surface area (Å²) in [6.45, 7) is 7.20. The van der Waals surface area contributed by atoms with Crippen LogP contribution >= 0.6 is 0 Å². The Morgan fingerprint density at radius 2 is 1.22 bits per heavy atom. The molecule has 0 amide bonds. The van der Waals surface area contributed by atoms with E-state index in [1.165, 1.54) is 0 Å². The summed E-state index contributed by atoms with van der Waals surface area (Å²) in [6, 6.07) is 20.1. The van der Waals surface area contributed by atoms with Gasteiger partial charge in [-0.25, -0.2) is 0 Å². The van der Waals surface area contributed by atoms with E-state index in [2.05, 4.69) is 32.6 Å². The van der Waals surface area contributed by atoms with Crippen molar-refractivity contribution in [1.82, 2.24) is 0 Å². The van der Waals surface area contributed by atoms with Crippen LogP contribution in [0.15, 0.2) is 60.7 Å². The average molecular weight is 308 g/mol. The molecule has 0 fully saturated rings. The van der Waals surface area contributed by atoms with Crippen LogP contribution < -0.4 is 0 Å². The molecule has 0 bridgehead atoms. The minimum Gasteiger partial charge on any atom is -0.337 e. The third kappa shape index (κ3) is 7.15. The third-order valence-electron chi connectivity index (χ3n) is 3.05. The zero-order valence-corrected chi connectivity index (χ0v) is 14.1. The van der Waals surface area contributed by atoms with Gasteiger partial charge in [-0.1, -0.05) is 66.6 Å². The minimum absolute atomic E-state index is 0.0789. The van der Waals surface area contributed by atoms with E-state index in [1.807, 2.05) is 60.7 Å². The van der Waals surface area contributed by atoms with Gasteiger partial charge >= 0.3 is 0 Å². The van der Waals surface area contributed by atoms with Gasteiger partial charge in [-0.3, -0.25) is 0 Å². The highest BCUT2D eigenvalue weighted by molar-refractivity contribution is 5.15. The summed E-state index contributed by atoms with van der Waals surface area (Å²) in [6.07, 6.45) is -0.533. The second-order valence-electron chi connectivity index (χ2n) is 6.44. The Morgan fingerprint density at radius 1 is 0.783 bits per heavy atom. The zero-order valence-electron chi connectivity index (χ0n) is 14.1. The summed E-state index contributed by atoms with van der Waals surface area (Å²) in [5.74, 6) is 6.30. The van der Waals surface area contributed by atoms with Crippen molar-refractivity contribution in [2.45, 2.75) is 40.3 Å². The van der Waals surface area contributed by atoms with E-state index >= 15 is 0 Å². The van der Waals surface area contributed by atoms with Gasteiger partial charge in [0.1, 0.15) is 0 Å². The summed E-state index contributed by atoms with van der Waals surface area (Å²) in [4.78, 5) is 0. The fourth-order valence-electron chi connectivity index (χ4n) is 1.90. The van der Waals surface area contributed by atoms with Crippen LogP contribution in [0.25, 0.3) is 0 Å². The number of hydrogen-bond acceptors (Lipinski definition) is 2. The average Bonchev–Trinajstić information content (AvgIpc) is 2.55. The molecular weight excluding hydrogens is 284 g/mol. The van der Waals surface area contributed by atoms with E-state index in [-0.39, 0.29) is 5.41 Å². The molecule has 0 N–H and O–H groups in total. The third-order valence-corrected chi connectivity index (χ3v) is 3.05. The van der Waals surface area contributed by atoms with Crippen LogP contribution in [0.5, 0.6) is 0 Å². The molecule has 2 aromatic rings. The van der Waals surface area contributed by atoms with Crippen molar-refractivity contribution in [2.75, 3.05) is 0 Å². The second kappa shape index (κ2) is 8.53. The van der Waals surface area contributed by atoms with Crippen LogP contribution in [0.2, 0.25) is 0 Å². The highest BCUT2D eigenvalue weighted by atomic mass is 16.7. The molecule has 0 saturated heterocycles. The highest BCUT2D eigenvalue weighted by Crippen LogP contribution is 2.12. The number of ether oxygens (including phenoxy) is 2. The first-order valence-electron chi connectivity index (χ1n) is 7.87. The Morgan fingerprint density at radius 3 is 1.61 bits per heavy atom. The second-order valence-corrected chi connectivity index (χ2v) is 6.44. The maximum absolute atomic E-state index is 5.85. The molecule has 0 unspecified atom stereocenters. The van der Waals surface area contributed by atoms with E-state index in [0.717, 1.165) is 11.1 Å². The van der Waals surface area contributed by atoms with E-state index in [0.29, 0.717) is 13.2 Å². The molecule has 23 heavy (non-hydrogen) atoms. The molecule has 2 nitrogen and oxygen atoms in total. The van der Waals surface area contributed by atoms with Crippen LogP contribution in [-0.2, 0) is 22.7 Å². The lowest BCUT2D eigenvalue weighted by Crippen LogP contribution is -2.16. The van der Waals surface area contributed by atoms with Crippen molar-refractivity contribution in [2.24, 2.45) is 5.41 Å². The smallest absolute Gasteiger partial charge is 0.223 e. The van der Waals surface area contributed by atoms with Crippen molar-refractivity contribution in [1.29, 1.82) is 0 Å². The molecule has 2 heteroatoms. The van der Waals surface area contributed by atoms with Crippen LogP contribution in [0.4, 0.5) is 0 Å². The van der Waals surface area contributed by atoms with Gasteiger partial charge in [-0.2, -0.15) is 0 Å². The molecule has 0 atom stereocenters. The largest absolute Gasteiger partial charge is 0.337 e. The lowest BCUT2D eigenvalue weighted by atomic mass is 9.98. The van der Waals surface area contributed by atoms with Gasteiger partial charge in [0, 0.05) is 5.41 Å². The molecule has 0 saturated carbocycles. The summed E-state index contributed by atoms with van der Waals surface area (Å²) < 4.78 is 11.7. The van der Waals surface area contributed by atoms with Crippen LogP contribution in [-0.4, -0.2) is 6.29 Å². The Balaban J connectivity index is 1.97. The van der Waals surface area contributed by atoms with Crippen LogP contribution in [0.3, 0.4) is 0 Å². The molecule has 2 rings (SSSR count). The molecule has 120 valence electrons. The lowest BCUT2D eigenvalue weighted by molar-refractivity contribution is -0.120. The minimum atomic E-state index is -0.533. The normalized spacial score (nSPS) is 11.1. The molecule has 2 aromatic carbocycles. The first-order chi connectivity index (χ1) is 11.0. The van der Waals surface area contributed by atoms with Gasteiger partial charge in [0.25, 0.3) is 0 Å². The van der Waals surface area contributed by atoms with Crippen molar-refractivity contribution >= 4 is 0 Å². The molecule has 0 radical (unpaired) electrons. The fourth-order valence-corrected chi connectivity index (χ4v) is 1.90. The van der Waals surface area contributed by atoms with Gasteiger partial charge in [-0.05, 0) is 37.8 Å². The lowest BCUT2D eigenvalue weighted by Gasteiger charge is -2.15. The number of rotatable bonds is 6. The van der Waals surface area contributed by atoms with Gasteiger partial charge in [-0.15, -0.1) is 0 Å². The maximum atomic E-state index is 5.85. The number of hydrogen-bond donors (Lipinski definition) is 0. The first-order valence-corrected chi connectivity index (χ1v) is 7.87. The van der Waals surface area contributed by atoms with Crippen molar-refractivity contribution < 1.29 is 9.47 Å². The standard InChI is InChI=1S/C21H24O2/c1-21(2,3)15-14-20(22-16-18-10-6-4-7-11-18)23-17-19-12-8-5-9-13-19/h4-13,20H,16-17H2,1-3H3. The van der Waals surface area contributed by atoms with Crippen molar-refractivity contribution in [3.63, 3.8) is 0 Å². The first kappa shape index (κ1) is 17.3. The molecule has 0 heterocycles. The summed E-state index contributed by atoms with van der Waals surface area (Å²) >= 11 is 0. The monoisotopic (exact) mass is 308 g/mol. The van der Waals surface area contributed by atoms with Crippen LogP contribution in [0.1, 0.15) is 31.9 Å².